The molecule has 0 aromatic heterocycles. The lowest BCUT2D eigenvalue weighted by Crippen LogP contribution is -2.13. The fraction of sp³-hybridized carbons (Fsp3) is 0.200. The minimum atomic E-state index is -0.607. The monoisotopic (exact) mass is 193 g/mol. The van der Waals surface area contributed by atoms with Crippen molar-refractivity contribution >= 4 is 11.7 Å². The van der Waals surface area contributed by atoms with Crippen LogP contribution < -0.4 is 10.5 Å². The zero-order valence-electron chi connectivity index (χ0n) is 8.03. The zero-order chi connectivity index (χ0) is 10.7. The molecule has 1 amide bonds. The van der Waals surface area contributed by atoms with Crippen LogP contribution in [0.4, 0.5) is 0 Å². The number of primary amides is 1. The van der Waals surface area contributed by atoms with Gasteiger partial charge in [0.05, 0.1) is 12.7 Å². The Balaban J connectivity index is 3.27. The molecule has 0 aliphatic carbocycles. The highest BCUT2D eigenvalue weighted by molar-refractivity contribution is 6.00. The van der Waals surface area contributed by atoms with Gasteiger partial charge in [-0.15, -0.1) is 0 Å². The summed E-state index contributed by atoms with van der Waals surface area (Å²) in [5, 5.41) is 0. The standard InChI is InChI=1S/C10H11NO3/c1-6(12)7-3-4-9(14-2)8(5-7)10(11)13/h3-5H,1-2H3,(H2,11,13). The second kappa shape index (κ2) is 3.91. The summed E-state index contributed by atoms with van der Waals surface area (Å²) >= 11 is 0. The molecule has 74 valence electrons. The summed E-state index contributed by atoms with van der Waals surface area (Å²) in [6.07, 6.45) is 0. The van der Waals surface area contributed by atoms with Gasteiger partial charge in [0.25, 0.3) is 5.91 Å². The second-order valence-corrected chi connectivity index (χ2v) is 2.84. The number of ketones is 1. The van der Waals surface area contributed by atoms with Gasteiger partial charge in [0.2, 0.25) is 0 Å². The Labute approximate surface area is 81.7 Å². The van der Waals surface area contributed by atoms with Crippen LogP contribution in [0, 0.1) is 0 Å². The summed E-state index contributed by atoms with van der Waals surface area (Å²) in [6.45, 7) is 1.42. The molecule has 1 rings (SSSR count). The van der Waals surface area contributed by atoms with Crippen molar-refractivity contribution in [1.29, 1.82) is 0 Å². The van der Waals surface area contributed by atoms with Crippen molar-refractivity contribution in [3.05, 3.63) is 29.3 Å². The lowest BCUT2D eigenvalue weighted by atomic mass is 10.1. The minimum Gasteiger partial charge on any atom is -0.496 e. The predicted molar refractivity (Wildman–Crippen MR) is 51.5 cm³/mol. The number of methoxy groups -OCH3 is 1. The van der Waals surface area contributed by atoms with Crippen LogP contribution in [-0.2, 0) is 0 Å². The molecular weight excluding hydrogens is 182 g/mol. The molecule has 2 N–H and O–H groups in total. The largest absolute Gasteiger partial charge is 0.496 e. The first kappa shape index (κ1) is 10.2. The number of benzene rings is 1. The van der Waals surface area contributed by atoms with E-state index in [1.807, 2.05) is 0 Å². The van der Waals surface area contributed by atoms with Crippen molar-refractivity contribution in [1.82, 2.24) is 0 Å². The van der Waals surface area contributed by atoms with Gasteiger partial charge in [-0.3, -0.25) is 9.59 Å². The number of ether oxygens (including phenoxy) is 1. The van der Waals surface area contributed by atoms with E-state index in [9.17, 15) is 9.59 Å². The number of carbonyl (C=O) groups is 2. The Morgan fingerprint density at radius 1 is 1.36 bits per heavy atom. The van der Waals surface area contributed by atoms with Crippen LogP contribution in [0.3, 0.4) is 0 Å². The molecule has 1 aromatic carbocycles. The van der Waals surface area contributed by atoms with Crippen LogP contribution in [0.15, 0.2) is 18.2 Å². The van der Waals surface area contributed by atoms with Gasteiger partial charge in [-0.25, -0.2) is 0 Å². The van der Waals surface area contributed by atoms with E-state index in [0.717, 1.165) is 0 Å². The Morgan fingerprint density at radius 2 is 2.00 bits per heavy atom. The summed E-state index contributed by atoms with van der Waals surface area (Å²) in [5.41, 5.74) is 5.80. The van der Waals surface area contributed by atoms with Crippen LogP contribution in [0.2, 0.25) is 0 Å². The third kappa shape index (κ3) is 1.90. The van der Waals surface area contributed by atoms with Crippen LogP contribution in [0.5, 0.6) is 5.75 Å². The molecule has 0 aliphatic heterocycles. The normalized spacial score (nSPS) is 9.57. The Morgan fingerprint density at radius 3 is 2.43 bits per heavy atom. The van der Waals surface area contributed by atoms with Crippen molar-refractivity contribution in [3.63, 3.8) is 0 Å². The molecule has 0 spiro atoms. The van der Waals surface area contributed by atoms with Crippen molar-refractivity contribution in [3.8, 4) is 5.75 Å². The number of hydrogen-bond donors (Lipinski definition) is 1. The first-order valence-corrected chi connectivity index (χ1v) is 4.05. The highest BCUT2D eigenvalue weighted by Crippen LogP contribution is 2.19. The Bertz CT molecular complexity index is 385. The lowest BCUT2D eigenvalue weighted by molar-refractivity contribution is 0.0997. The van der Waals surface area contributed by atoms with Gasteiger partial charge in [-0.1, -0.05) is 0 Å². The molecule has 4 heteroatoms. The molecule has 4 nitrogen and oxygen atoms in total. The summed E-state index contributed by atoms with van der Waals surface area (Å²) in [5.74, 6) is -0.345. The van der Waals surface area contributed by atoms with Gasteiger partial charge in [-0.05, 0) is 25.1 Å². The topological polar surface area (TPSA) is 69.4 Å². The van der Waals surface area contributed by atoms with Crippen LogP contribution in [0.1, 0.15) is 27.6 Å². The molecule has 0 aliphatic rings. The SMILES string of the molecule is COc1ccc(C(C)=O)cc1C(N)=O. The molecule has 0 saturated carbocycles. The maximum Gasteiger partial charge on any atom is 0.252 e. The summed E-state index contributed by atoms with van der Waals surface area (Å²) in [7, 11) is 1.44. The number of hydrogen-bond acceptors (Lipinski definition) is 3. The molecule has 0 radical (unpaired) electrons. The van der Waals surface area contributed by atoms with E-state index >= 15 is 0 Å². The first-order valence-electron chi connectivity index (χ1n) is 4.05. The third-order valence-corrected chi connectivity index (χ3v) is 1.87. The Hall–Kier alpha value is -1.84. The summed E-state index contributed by atoms with van der Waals surface area (Å²) in [4.78, 5) is 22.0. The van der Waals surface area contributed by atoms with Crippen molar-refractivity contribution < 1.29 is 14.3 Å². The van der Waals surface area contributed by atoms with Gasteiger partial charge in [0, 0.05) is 5.56 Å². The van der Waals surface area contributed by atoms with Gasteiger partial charge < -0.3 is 10.5 Å². The van der Waals surface area contributed by atoms with E-state index < -0.39 is 5.91 Å². The highest BCUT2D eigenvalue weighted by atomic mass is 16.5. The molecular formula is C10H11NO3. The molecule has 0 fully saturated rings. The number of carbonyl (C=O) groups excluding carboxylic acids is 2. The molecule has 0 unspecified atom stereocenters. The fourth-order valence-corrected chi connectivity index (χ4v) is 1.12. The van der Waals surface area contributed by atoms with Crippen molar-refractivity contribution in [2.45, 2.75) is 6.92 Å². The van der Waals surface area contributed by atoms with Gasteiger partial charge in [0.15, 0.2) is 5.78 Å². The Kier molecular flexibility index (Phi) is 2.86. The van der Waals surface area contributed by atoms with Gasteiger partial charge in [0.1, 0.15) is 5.75 Å². The molecule has 0 heterocycles. The quantitative estimate of drug-likeness (QED) is 0.728. The van der Waals surface area contributed by atoms with E-state index in [-0.39, 0.29) is 11.3 Å². The molecule has 1 aromatic rings. The van der Waals surface area contributed by atoms with E-state index in [1.54, 1.807) is 12.1 Å². The van der Waals surface area contributed by atoms with E-state index in [2.05, 4.69) is 0 Å². The predicted octanol–water partition coefficient (Wildman–Crippen LogP) is 0.997. The van der Waals surface area contributed by atoms with Crippen molar-refractivity contribution in [2.24, 2.45) is 5.73 Å². The van der Waals surface area contributed by atoms with E-state index in [4.69, 9.17) is 10.5 Å². The lowest BCUT2D eigenvalue weighted by Gasteiger charge is -2.06. The van der Waals surface area contributed by atoms with Gasteiger partial charge in [-0.2, -0.15) is 0 Å². The average Bonchev–Trinajstić information content (AvgIpc) is 2.16. The summed E-state index contributed by atoms with van der Waals surface area (Å²) in [6, 6.07) is 4.58. The van der Waals surface area contributed by atoms with Crippen LogP contribution in [-0.4, -0.2) is 18.8 Å². The maximum absolute atomic E-state index is 11.0. The minimum absolute atomic E-state index is 0.116. The zero-order valence-corrected chi connectivity index (χ0v) is 8.03. The second-order valence-electron chi connectivity index (χ2n) is 2.84. The smallest absolute Gasteiger partial charge is 0.252 e. The van der Waals surface area contributed by atoms with Gasteiger partial charge >= 0.3 is 0 Å². The maximum atomic E-state index is 11.0. The third-order valence-electron chi connectivity index (χ3n) is 1.87. The first-order chi connectivity index (χ1) is 6.56. The molecule has 0 atom stereocenters. The number of rotatable bonds is 3. The average molecular weight is 193 g/mol. The van der Waals surface area contributed by atoms with E-state index in [1.165, 1.54) is 20.1 Å². The van der Waals surface area contributed by atoms with Crippen LogP contribution >= 0.6 is 0 Å². The molecule has 0 bridgehead atoms. The molecule has 14 heavy (non-hydrogen) atoms. The number of Topliss-reactive ketones (excluding diaryl/α,β-unsaturated/α-hetero) is 1. The van der Waals surface area contributed by atoms with Crippen molar-refractivity contribution in [2.75, 3.05) is 7.11 Å². The van der Waals surface area contributed by atoms with E-state index in [0.29, 0.717) is 11.3 Å². The highest BCUT2D eigenvalue weighted by Gasteiger charge is 2.11. The molecule has 0 saturated heterocycles. The fourth-order valence-electron chi connectivity index (χ4n) is 1.12. The number of nitrogens with two attached hydrogens (primary N) is 1. The van der Waals surface area contributed by atoms with Crippen LogP contribution in [0.25, 0.3) is 0 Å². The number of amides is 1. The summed E-state index contributed by atoms with van der Waals surface area (Å²) < 4.78 is 4.93.